The molecule has 0 aliphatic heterocycles. The van der Waals surface area contributed by atoms with E-state index in [9.17, 15) is 23.1 Å². The van der Waals surface area contributed by atoms with Gasteiger partial charge >= 0.3 is 12.1 Å². The Morgan fingerprint density at radius 1 is 1.12 bits per heavy atom. The number of rotatable bonds is 4. The molecule has 0 radical (unpaired) electrons. The van der Waals surface area contributed by atoms with E-state index in [0.717, 1.165) is 11.6 Å². The summed E-state index contributed by atoms with van der Waals surface area (Å²) in [6, 6.07) is 10.7. The fraction of sp³-hybridized carbons (Fsp3) is 0.250. The first-order valence-electron chi connectivity index (χ1n) is 8.22. The minimum atomic E-state index is -4.53. The van der Waals surface area contributed by atoms with Crippen LogP contribution in [0.2, 0.25) is 0 Å². The Hall–Kier alpha value is -2.76. The summed E-state index contributed by atoms with van der Waals surface area (Å²) in [6.07, 6.45) is -4.89. The van der Waals surface area contributed by atoms with Crippen molar-refractivity contribution in [1.82, 2.24) is 4.98 Å². The third-order valence-electron chi connectivity index (χ3n) is 4.43. The standard InChI is InChI=1S/C20H18F3NO2/c1-11(2)12-7-5-8-13-15(10-17(25)26)19(24-18(12)13)14-6-3-4-9-16(14)20(21,22)23/h3-9,11,24H,10H2,1-2H3,(H,25,26). The monoisotopic (exact) mass is 361 g/mol. The quantitative estimate of drug-likeness (QED) is 0.635. The number of hydrogen-bond acceptors (Lipinski definition) is 1. The van der Waals surface area contributed by atoms with E-state index in [1.54, 1.807) is 12.1 Å². The Balaban J connectivity index is 2.37. The number of hydrogen-bond donors (Lipinski definition) is 2. The highest BCUT2D eigenvalue weighted by molar-refractivity contribution is 5.96. The summed E-state index contributed by atoms with van der Waals surface area (Å²) in [4.78, 5) is 14.4. The lowest BCUT2D eigenvalue weighted by atomic mass is 9.96. The SMILES string of the molecule is CC(C)c1cccc2c(CC(=O)O)c(-c3ccccc3C(F)(F)F)[nH]c12. The molecular weight excluding hydrogens is 343 g/mol. The molecule has 26 heavy (non-hydrogen) atoms. The molecular formula is C20H18F3NO2. The summed E-state index contributed by atoms with van der Waals surface area (Å²) in [5.74, 6) is -0.952. The molecule has 136 valence electrons. The number of halogens is 3. The van der Waals surface area contributed by atoms with Crippen molar-refractivity contribution in [3.8, 4) is 11.3 Å². The van der Waals surface area contributed by atoms with Gasteiger partial charge in [0, 0.05) is 16.5 Å². The van der Waals surface area contributed by atoms with Crippen molar-refractivity contribution in [2.45, 2.75) is 32.4 Å². The molecule has 0 saturated heterocycles. The van der Waals surface area contributed by atoms with Crippen LogP contribution in [0, 0.1) is 0 Å². The van der Waals surface area contributed by atoms with Crippen LogP contribution in [0.5, 0.6) is 0 Å². The van der Waals surface area contributed by atoms with E-state index in [1.807, 2.05) is 19.9 Å². The Labute approximate surface area is 148 Å². The first-order valence-corrected chi connectivity index (χ1v) is 8.22. The fourth-order valence-corrected chi connectivity index (χ4v) is 3.29. The van der Waals surface area contributed by atoms with E-state index in [2.05, 4.69) is 4.98 Å². The number of alkyl halides is 3. The van der Waals surface area contributed by atoms with Crippen LogP contribution in [0.15, 0.2) is 42.5 Å². The highest BCUT2D eigenvalue weighted by Gasteiger charge is 2.34. The highest BCUT2D eigenvalue weighted by atomic mass is 19.4. The van der Waals surface area contributed by atoms with Crippen LogP contribution in [0.3, 0.4) is 0 Å². The van der Waals surface area contributed by atoms with E-state index in [1.165, 1.54) is 18.2 Å². The van der Waals surface area contributed by atoms with Crippen LogP contribution in [0.25, 0.3) is 22.2 Å². The molecule has 0 aliphatic carbocycles. The second-order valence-electron chi connectivity index (χ2n) is 6.52. The smallest absolute Gasteiger partial charge is 0.417 e. The number of H-pyrrole nitrogens is 1. The van der Waals surface area contributed by atoms with E-state index in [0.29, 0.717) is 16.5 Å². The van der Waals surface area contributed by atoms with Gasteiger partial charge in [-0.15, -0.1) is 0 Å². The minimum absolute atomic E-state index is 0.0397. The summed E-state index contributed by atoms with van der Waals surface area (Å²) in [5, 5.41) is 9.93. The summed E-state index contributed by atoms with van der Waals surface area (Å²) in [6.45, 7) is 3.96. The van der Waals surface area contributed by atoms with Crippen LogP contribution in [0.1, 0.15) is 36.5 Å². The van der Waals surface area contributed by atoms with Gasteiger partial charge in [-0.2, -0.15) is 13.2 Å². The first-order chi connectivity index (χ1) is 12.2. The predicted octanol–water partition coefficient (Wildman–Crippen LogP) is 5.60. The van der Waals surface area contributed by atoms with E-state index < -0.39 is 17.7 Å². The number of benzene rings is 2. The number of carboxylic acid groups (broad SMARTS) is 1. The molecule has 0 saturated carbocycles. The van der Waals surface area contributed by atoms with Crippen LogP contribution < -0.4 is 0 Å². The molecule has 2 aromatic carbocycles. The van der Waals surface area contributed by atoms with Crippen LogP contribution in [-0.4, -0.2) is 16.1 Å². The maximum atomic E-state index is 13.5. The molecule has 0 unspecified atom stereocenters. The zero-order chi connectivity index (χ0) is 19.1. The first kappa shape index (κ1) is 18.0. The number of aromatic amines is 1. The van der Waals surface area contributed by atoms with Gasteiger partial charge in [0.2, 0.25) is 0 Å². The topological polar surface area (TPSA) is 53.1 Å². The lowest BCUT2D eigenvalue weighted by molar-refractivity contribution is -0.137. The molecule has 1 heterocycles. The lowest BCUT2D eigenvalue weighted by Gasteiger charge is -2.13. The van der Waals surface area contributed by atoms with Gasteiger partial charge in [0.25, 0.3) is 0 Å². The van der Waals surface area contributed by atoms with Crippen LogP contribution in [0.4, 0.5) is 13.2 Å². The van der Waals surface area contributed by atoms with Gasteiger partial charge < -0.3 is 10.1 Å². The molecule has 0 bridgehead atoms. The van der Waals surface area contributed by atoms with Gasteiger partial charge in [0.1, 0.15) is 0 Å². The van der Waals surface area contributed by atoms with Crippen molar-refractivity contribution < 1.29 is 23.1 Å². The average molecular weight is 361 g/mol. The number of carboxylic acids is 1. The molecule has 6 heteroatoms. The maximum absolute atomic E-state index is 13.5. The zero-order valence-electron chi connectivity index (χ0n) is 14.3. The minimum Gasteiger partial charge on any atom is -0.481 e. The largest absolute Gasteiger partial charge is 0.481 e. The Morgan fingerprint density at radius 2 is 1.81 bits per heavy atom. The van der Waals surface area contributed by atoms with Gasteiger partial charge in [-0.05, 0) is 23.1 Å². The zero-order valence-corrected chi connectivity index (χ0v) is 14.3. The van der Waals surface area contributed by atoms with Crippen molar-refractivity contribution in [2.75, 3.05) is 0 Å². The molecule has 1 aromatic heterocycles. The van der Waals surface area contributed by atoms with E-state index >= 15 is 0 Å². The second-order valence-corrected chi connectivity index (χ2v) is 6.52. The molecule has 3 rings (SSSR count). The van der Waals surface area contributed by atoms with E-state index in [-0.39, 0.29) is 23.6 Å². The van der Waals surface area contributed by atoms with Crippen molar-refractivity contribution in [3.05, 3.63) is 59.2 Å². The van der Waals surface area contributed by atoms with Gasteiger partial charge in [-0.3, -0.25) is 4.79 Å². The molecule has 0 atom stereocenters. The van der Waals surface area contributed by atoms with Crippen molar-refractivity contribution in [1.29, 1.82) is 0 Å². The van der Waals surface area contributed by atoms with Gasteiger partial charge in [-0.1, -0.05) is 50.2 Å². The normalized spacial score (nSPS) is 12.1. The van der Waals surface area contributed by atoms with Crippen molar-refractivity contribution >= 4 is 16.9 Å². The molecule has 3 nitrogen and oxygen atoms in total. The summed E-state index contributed by atoms with van der Waals surface area (Å²) in [5.41, 5.74) is 1.37. The van der Waals surface area contributed by atoms with Crippen molar-refractivity contribution in [2.24, 2.45) is 0 Å². The number of aromatic nitrogens is 1. The van der Waals surface area contributed by atoms with Crippen molar-refractivity contribution in [3.63, 3.8) is 0 Å². The Bertz CT molecular complexity index is 971. The second kappa shape index (κ2) is 6.52. The van der Waals surface area contributed by atoms with Gasteiger partial charge in [0.05, 0.1) is 17.7 Å². The summed E-state index contributed by atoms with van der Waals surface area (Å²) < 4.78 is 40.4. The summed E-state index contributed by atoms with van der Waals surface area (Å²) >= 11 is 0. The maximum Gasteiger partial charge on any atom is 0.417 e. The molecule has 3 aromatic rings. The number of nitrogens with one attached hydrogen (secondary N) is 1. The Morgan fingerprint density at radius 3 is 2.42 bits per heavy atom. The third kappa shape index (κ3) is 3.19. The summed E-state index contributed by atoms with van der Waals surface area (Å²) in [7, 11) is 0. The fourth-order valence-electron chi connectivity index (χ4n) is 3.29. The third-order valence-corrected chi connectivity index (χ3v) is 4.43. The predicted molar refractivity (Wildman–Crippen MR) is 94.2 cm³/mol. The molecule has 0 aliphatic rings. The number of aliphatic carboxylic acids is 1. The van der Waals surface area contributed by atoms with Gasteiger partial charge in [0.15, 0.2) is 0 Å². The average Bonchev–Trinajstić information content (AvgIpc) is 2.92. The highest BCUT2D eigenvalue weighted by Crippen LogP contribution is 2.40. The molecule has 0 spiro atoms. The number of para-hydroxylation sites is 1. The lowest BCUT2D eigenvalue weighted by Crippen LogP contribution is -2.08. The van der Waals surface area contributed by atoms with E-state index in [4.69, 9.17) is 0 Å². The molecule has 2 N–H and O–H groups in total. The van der Waals surface area contributed by atoms with Gasteiger partial charge in [-0.25, -0.2) is 0 Å². The van der Waals surface area contributed by atoms with Crippen LogP contribution >= 0.6 is 0 Å². The molecule has 0 amide bonds. The number of carbonyl (C=O) groups is 1. The molecule has 0 fully saturated rings. The Kier molecular flexibility index (Phi) is 4.52. The van der Waals surface area contributed by atoms with Crippen LogP contribution in [-0.2, 0) is 17.4 Å². The number of fused-ring (bicyclic) bond motifs is 1.